The van der Waals surface area contributed by atoms with E-state index in [0.29, 0.717) is 11.4 Å². The van der Waals surface area contributed by atoms with Gasteiger partial charge in [0.15, 0.2) is 0 Å². The molecule has 1 rings (SSSR count). The normalized spacial score (nSPS) is 12.7. The molecular weight excluding hydrogens is 260 g/mol. The second-order valence-electron chi connectivity index (χ2n) is 6.14. The third kappa shape index (κ3) is 4.60. The summed E-state index contributed by atoms with van der Waals surface area (Å²) in [5, 5.41) is 0. The lowest BCUT2D eigenvalue weighted by atomic mass is 10.1. The summed E-state index contributed by atoms with van der Waals surface area (Å²) in [6.45, 7) is 6.85. The van der Waals surface area contributed by atoms with Crippen molar-refractivity contribution in [3.05, 3.63) is 28.8 Å². The van der Waals surface area contributed by atoms with Gasteiger partial charge in [-0.25, -0.2) is 13.1 Å². The number of hydrogen-bond donors (Lipinski definition) is 1. The quantitative estimate of drug-likeness (QED) is 0.835. The summed E-state index contributed by atoms with van der Waals surface area (Å²) in [5.41, 5.74) is 2.69. The Morgan fingerprint density at radius 3 is 1.95 bits per heavy atom. The molecule has 0 amide bonds. The minimum atomic E-state index is -3.42. The Morgan fingerprint density at radius 2 is 1.53 bits per heavy atom. The Labute approximate surface area is 117 Å². The Bertz CT molecular complexity index is 534. The zero-order valence-electron chi connectivity index (χ0n) is 12.7. The molecule has 1 aromatic carbocycles. The van der Waals surface area contributed by atoms with Gasteiger partial charge >= 0.3 is 0 Å². The van der Waals surface area contributed by atoms with Crippen molar-refractivity contribution in [1.82, 2.24) is 4.72 Å². The van der Waals surface area contributed by atoms with Gasteiger partial charge in [-0.3, -0.25) is 0 Å². The summed E-state index contributed by atoms with van der Waals surface area (Å²) in [6, 6.07) is 3.81. The molecule has 0 radical (unpaired) electrons. The van der Waals surface area contributed by atoms with E-state index in [1.54, 1.807) is 0 Å². The third-order valence-corrected chi connectivity index (χ3v) is 4.71. The van der Waals surface area contributed by atoms with Gasteiger partial charge in [-0.05, 0) is 31.9 Å². The van der Waals surface area contributed by atoms with Gasteiger partial charge in [0.05, 0.1) is 39.1 Å². The maximum absolute atomic E-state index is 12.4. The molecule has 0 aliphatic rings. The zero-order chi connectivity index (χ0) is 14.8. The van der Waals surface area contributed by atoms with Crippen LogP contribution in [0, 0.1) is 20.8 Å². The van der Waals surface area contributed by atoms with Crippen LogP contribution in [-0.2, 0) is 10.0 Å². The molecule has 0 atom stereocenters. The molecule has 0 aliphatic heterocycles. The van der Waals surface area contributed by atoms with E-state index in [0.717, 1.165) is 27.7 Å². The minimum absolute atomic E-state index is 0.416. The summed E-state index contributed by atoms with van der Waals surface area (Å²) < 4.78 is 28.1. The van der Waals surface area contributed by atoms with Crippen LogP contribution in [-0.4, -0.2) is 47.1 Å². The third-order valence-electron chi connectivity index (χ3n) is 2.95. The topological polar surface area (TPSA) is 46.2 Å². The molecule has 0 saturated heterocycles. The van der Waals surface area contributed by atoms with Crippen molar-refractivity contribution in [2.24, 2.45) is 0 Å². The molecule has 5 heteroatoms. The Morgan fingerprint density at radius 1 is 1.05 bits per heavy atom. The molecule has 0 heterocycles. The van der Waals surface area contributed by atoms with E-state index in [-0.39, 0.29) is 0 Å². The van der Waals surface area contributed by atoms with E-state index in [4.69, 9.17) is 0 Å². The molecular formula is C14H25N2O2S+. The number of hydrogen-bond acceptors (Lipinski definition) is 2. The van der Waals surface area contributed by atoms with Crippen LogP contribution < -0.4 is 4.72 Å². The Balaban J connectivity index is 2.96. The Hall–Kier alpha value is -0.910. The Kier molecular flexibility index (Phi) is 4.76. The van der Waals surface area contributed by atoms with Crippen molar-refractivity contribution in [2.75, 3.05) is 34.2 Å². The summed E-state index contributed by atoms with van der Waals surface area (Å²) >= 11 is 0. The summed E-state index contributed by atoms with van der Waals surface area (Å²) in [6.07, 6.45) is 0. The van der Waals surface area contributed by atoms with Crippen LogP contribution >= 0.6 is 0 Å². The predicted octanol–water partition coefficient (Wildman–Crippen LogP) is 1.60. The largest absolute Gasteiger partial charge is 0.330 e. The van der Waals surface area contributed by atoms with E-state index in [2.05, 4.69) is 4.72 Å². The van der Waals surface area contributed by atoms with Crippen LogP contribution in [0.2, 0.25) is 0 Å². The first-order valence-corrected chi connectivity index (χ1v) is 7.89. The fourth-order valence-corrected chi connectivity index (χ4v) is 3.65. The maximum atomic E-state index is 12.4. The lowest BCUT2D eigenvalue weighted by Crippen LogP contribution is -2.42. The van der Waals surface area contributed by atoms with E-state index in [1.165, 1.54) is 0 Å². The smallest absolute Gasteiger partial charge is 0.241 e. The molecule has 4 nitrogen and oxygen atoms in total. The zero-order valence-corrected chi connectivity index (χ0v) is 13.6. The molecule has 0 fully saturated rings. The van der Waals surface area contributed by atoms with Gasteiger partial charge in [0.2, 0.25) is 10.0 Å². The molecule has 0 aromatic heterocycles. The summed E-state index contributed by atoms with van der Waals surface area (Å²) in [7, 11) is 2.69. The van der Waals surface area contributed by atoms with Crippen LogP contribution in [0.4, 0.5) is 0 Å². The highest BCUT2D eigenvalue weighted by molar-refractivity contribution is 7.89. The fraction of sp³-hybridized carbons (Fsp3) is 0.571. The number of aryl methyl sites for hydroxylation is 3. The predicted molar refractivity (Wildman–Crippen MR) is 78.7 cm³/mol. The van der Waals surface area contributed by atoms with Crippen molar-refractivity contribution in [2.45, 2.75) is 25.7 Å². The molecule has 1 N–H and O–H groups in total. The number of nitrogens with one attached hydrogen (secondary N) is 1. The number of quaternary nitrogens is 1. The number of rotatable bonds is 5. The van der Waals surface area contributed by atoms with Gasteiger partial charge in [0.1, 0.15) is 0 Å². The SMILES string of the molecule is Cc1cc(C)c(S(=O)(=O)NCC[N+](C)(C)C)c(C)c1. The second kappa shape index (κ2) is 5.61. The molecule has 19 heavy (non-hydrogen) atoms. The second-order valence-corrected chi connectivity index (χ2v) is 7.84. The molecule has 0 spiro atoms. The number of sulfonamides is 1. The average Bonchev–Trinajstić information content (AvgIpc) is 2.11. The van der Waals surface area contributed by atoms with Crippen LogP contribution in [0.1, 0.15) is 16.7 Å². The van der Waals surface area contributed by atoms with Gasteiger partial charge < -0.3 is 4.48 Å². The summed E-state index contributed by atoms with van der Waals surface area (Å²) in [5.74, 6) is 0. The molecule has 0 saturated carbocycles. The molecule has 0 unspecified atom stereocenters. The first-order valence-electron chi connectivity index (χ1n) is 6.41. The number of benzene rings is 1. The van der Waals surface area contributed by atoms with Gasteiger partial charge in [0.25, 0.3) is 0 Å². The van der Waals surface area contributed by atoms with Crippen molar-refractivity contribution in [3.8, 4) is 0 Å². The number of likely N-dealkylation sites (N-methyl/N-ethyl adjacent to an activating group) is 1. The fourth-order valence-electron chi connectivity index (χ4n) is 2.18. The van der Waals surface area contributed by atoms with Crippen LogP contribution in [0.25, 0.3) is 0 Å². The molecule has 108 valence electrons. The minimum Gasteiger partial charge on any atom is -0.330 e. The van der Waals surface area contributed by atoms with Crippen LogP contribution in [0.3, 0.4) is 0 Å². The van der Waals surface area contributed by atoms with Crippen LogP contribution in [0.5, 0.6) is 0 Å². The lowest BCUT2D eigenvalue weighted by molar-refractivity contribution is -0.869. The van der Waals surface area contributed by atoms with Crippen LogP contribution in [0.15, 0.2) is 17.0 Å². The highest BCUT2D eigenvalue weighted by atomic mass is 32.2. The number of nitrogens with zero attached hydrogens (tertiary/aromatic N) is 1. The first kappa shape index (κ1) is 16.1. The lowest BCUT2D eigenvalue weighted by Gasteiger charge is -2.24. The van der Waals surface area contributed by atoms with E-state index < -0.39 is 10.0 Å². The van der Waals surface area contributed by atoms with E-state index in [1.807, 2.05) is 54.0 Å². The molecule has 0 bridgehead atoms. The van der Waals surface area contributed by atoms with Gasteiger partial charge in [0, 0.05) is 0 Å². The highest BCUT2D eigenvalue weighted by Crippen LogP contribution is 2.21. The van der Waals surface area contributed by atoms with Gasteiger partial charge in [-0.15, -0.1) is 0 Å². The van der Waals surface area contributed by atoms with Crippen molar-refractivity contribution >= 4 is 10.0 Å². The molecule has 1 aromatic rings. The molecule has 0 aliphatic carbocycles. The standard InChI is InChI=1S/C14H25N2O2S/c1-11-9-12(2)14(13(3)10-11)19(17,18)15-7-8-16(4,5)6/h9-10,15H,7-8H2,1-6H3/q+1. The van der Waals surface area contributed by atoms with Crippen molar-refractivity contribution < 1.29 is 12.9 Å². The average molecular weight is 285 g/mol. The first-order chi connectivity index (χ1) is 8.53. The van der Waals surface area contributed by atoms with Crippen molar-refractivity contribution in [1.29, 1.82) is 0 Å². The van der Waals surface area contributed by atoms with E-state index in [9.17, 15) is 8.42 Å². The monoisotopic (exact) mass is 285 g/mol. The maximum Gasteiger partial charge on any atom is 0.241 e. The summed E-state index contributed by atoms with van der Waals surface area (Å²) in [4.78, 5) is 0.416. The highest BCUT2D eigenvalue weighted by Gasteiger charge is 2.20. The van der Waals surface area contributed by atoms with Crippen molar-refractivity contribution in [3.63, 3.8) is 0 Å². The van der Waals surface area contributed by atoms with Gasteiger partial charge in [-0.1, -0.05) is 17.7 Å². The van der Waals surface area contributed by atoms with Gasteiger partial charge in [-0.2, -0.15) is 0 Å². The van der Waals surface area contributed by atoms with E-state index >= 15 is 0 Å².